The zero-order valence-corrected chi connectivity index (χ0v) is 12.3. The first-order chi connectivity index (χ1) is 8.13. The van der Waals surface area contributed by atoms with Gasteiger partial charge in [-0.05, 0) is 47.5 Å². The van der Waals surface area contributed by atoms with E-state index >= 15 is 0 Å². The highest BCUT2D eigenvalue weighted by molar-refractivity contribution is 9.10. The van der Waals surface area contributed by atoms with Crippen LogP contribution in [0.1, 0.15) is 32.6 Å². The number of anilines is 1. The van der Waals surface area contributed by atoms with Gasteiger partial charge in [-0.2, -0.15) is 0 Å². The van der Waals surface area contributed by atoms with Gasteiger partial charge < -0.3 is 5.32 Å². The minimum absolute atomic E-state index is 0.0259. The van der Waals surface area contributed by atoms with Gasteiger partial charge in [0.2, 0.25) is 5.95 Å². The van der Waals surface area contributed by atoms with Crippen LogP contribution in [0.2, 0.25) is 0 Å². The second-order valence-electron chi connectivity index (χ2n) is 4.95. The third-order valence-corrected chi connectivity index (χ3v) is 4.41. The Kier molecular flexibility index (Phi) is 4.26. The van der Waals surface area contributed by atoms with Crippen molar-refractivity contribution in [2.24, 2.45) is 5.92 Å². The van der Waals surface area contributed by atoms with Gasteiger partial charge in [-0.1, -0.05) is 6.92 Å². The molecular formula is C12H17BrClN3. The zero-order valence-electron chi connectivity index (χ0n) is 9.92. The SMILES string of the molecule is CC1CCC(CCl)(Nc2ncc(Br)cn2)CC1. The molecule has 1 aliphatic rings. The van der Waals surface area contributed by atoms with E-state index in [0.717, 1.165) is 23.2 Å². The molecule has 0 aromatic carbocycles. The van der Waals surface area contributed by atoms with Crippen molar-refractivity contribution in [1.82, 2.24) is 9.97 Å². The first kappa shape index (κ1) is 13.1. The Bertz CT molecular complexity index is 361. The van der Waals surface area contributed by atoms with Crippen molar-refractivity contribution in [1.29, 1.82) is 0 Å². The Morgan fingerprint density at radius 2 is 2.00 bits per heavy atom. The van der Waals surface area contributed by atoms with Gasteiger partial charge in [-0.15, -0.1) is 11.6 Å². The number of alkyl halides is 1. The van der Waals surface area contributed by atoms with Gasteiger partial charge in [0.25, 0.3) is 0 Å². The van der Waals surface area contributed by atoms with E-state index in [1.54, 1.807) is 12.4 Å². The van der Waals surface area contributed by atoms with E-state index in [1.807, 2.05) is 0 Å². The van der Waals surface area contributed by atoms with Crippen LogP contribution in [-0.4, -0.2) is 21.4 Å². The lowest BCUT2D eigenvalue weighted by Gasteiger charge is -2.38. The summed E-state index contributed by atoms with van der Waals surface area (Å²) in [4.78, 5) is 8.51. The molecule has 0 amide bonds. The lowest BCUT2D eigenvalue weighted by molar-refractivity contribution is 0.286. The van der Waals surface area contributed by atoms with E-state index in [9.17, 15) is 0 Å². The summed E-state index contributed by atoms with van der Waals surface area (Å²) in [7, 11) is 0. The summed E-state index contributed by atoms with van der Waals surface area (Å²) in [6.07, 6.45) is 8.13. The number of hydrogen-bond donors (Lipinski definition) is 1. The molecule has 1 heterocycles. The highest BCUT2D eigenvalue weighted by Gasteiger charge is 2.33. The van der Waals surface area contributed by atoms with Gasteiger partial charge >= 0.3 is 0 Å². The van der Waals surface area contributed by atoms with E-state index < -0.39 is 0 Å². The van der Waals surface area contributed by atoms with Crippen LogP contribution >= 0.6 is 27.5 Å². The monoisotopic (exact) mass is 317 g/mol. The number of nitrogens with zero attached hydrogens (tertiary/aromatic N) is 2. The van der Waals surface area contributed by atoms with E-state index in [2.05, 4.69) is 38.1 Å². The normalized spacial score (nSPS) is 29.0. The van der Waals surface area contributed by atoms with Gasteiger partial charge in [0.1, 0.15) is 0 Å². The van der Waals surface area contributed by atoms with Crippen molar-refractivity contribution in [2.75, 3.05) is 11.2 Å². The molecule has 17 heavy (non-hydrogen) atoms. The van der Waals surface area contributed by atoms with E-state index in [-0.39, 0.29) is 5.54 Å². The van der Waals surface area contributed by atoms with Crippen molar-refractivity contribution >= 4 is 33.5 Å². The second kappa shape index (κ2) is 5.53. The third-order valence-electron chi connectivity index (χ3n) is 3.48. The van der Waals surface area contributed by atoms with Gasteiger partial charge in [0.15, 0.2) is 0 Å². The molecule has 0 unspecified atom stereocenters. The maximum absolute atomic E-state index is 6.14. The number of halogens is 2. The van der Waals surface area contributed by atoms with Crippen LogP contribution in [-0.2, 0) is 0 Å². The fraction of sp³-hybridized carbons (Fsp3) is 0.667. The van der Waals surface area contributed by atoms with E-state index in [1.165, 1.54) is 12.8 Å². The Labute approximate surface area is 116 Å². The molecule has 94 valence electrons. The molecule has 0 radical (unpaired) electrons. The molecule has 1 N–H and O–H groups in total. The summed E-state index contributed by atoms with van der Waals surface area (Å²) in [5.74, 6) is 2.08. The molecule has 0 spiro atoms. The standard InChI is InChI=1S/C12H17BrClN3/c1-9-2-4-12(8-14,5-3-9)17-11-15-6-10(13)7-16-11/h6-7,9H,2-5,8H2,1H3,(H,15,16,17). The predicted octanol–water partition coefficient (Wildman–Crippen LogP) is 3.84. The molecule has 0 aliphatic heterocycles. The van der Waals surface area contributed by atoms with Gasteiger partial charge in [0, 0.05) is 18.3 Å². The van der Waals surface area contributed by atoms with Crippen LogP contribution in [0, 0.1) is 5.92 Å². The van der Waals surface area contributed by atoms with E-state index in [0.29, 0.717) is 11.8 Å². The summed E-state index contributed by atoms with van der Waals surface area (Å²) >= 11 is 9.47. The van der Waals surface area contributed by atoms with Crippen molar-refractivity contribution in [2.45, 2.75) is 38.1 Å². The molecular weight excluding hydrogens is 302 g/mol. The average Bonchev–Trinajstić information content (AvgIpc) is 2.35. The second-order valence-corrected chi connectivity index (χ2v) is 6.13. The zero-order chi connectivity index (χ0) is 12.3. The predicted molar refractivity (Wildman–Crippen MR) is 74.4 cm³/mol. The molecule has 1 aliphatic carbocycles. The van der Waals surface area contributed by atoms with Gasteiger partial charge in [-0.3, -0.25) is 0 Å². The smallest absolute Gasteiger partial charge is 0.223 e. The summed E-state index contributed by atoms with van der Waals surface area (Å²) in [6, 6.07) is 0. The Morgan fingerprint density at radius 1 is 1.41 bits per heavy atom. The summed E-state index contributed by atoms with van der Waals surface area (Å²) < 4.78 is 0.889. The maximum atomic E-state index is 6.14. The molecule has 1 aromatic heterocycles. The Morgan fingerprint density at radius 3 is 2.53 bits per heavy atom. The molecule has 2 rings (SSSR count). The maximum Gasteiger partial charge on any atom is 0.223 e. The number of aromatic nitrogens is 2. The summed E-state index contributed by atoms with van der Waals surface area (Å²) in [5, 5.41) is 3.42. The van der Waals surface area contributed by atoms with Crippen LogP contribution in [0.4, 0.5) is 5.95 Å². The fourth-order valence-corrected chi connectivity index (χ4v) is 2.76. The summed E-state index contributed by atoms with van der Waals surface area (Å²) in [6.45, 7) is 2.30. The van der Waals surface area contributed by atoms with Crippen molar-refractivity contribution < 1.29 is 0 Å². The van der Waals surface area contributed by atoms with Gasteiger partial charge in [-0.25, -0.2) is 9.97 Å². The van der Waals surface area contributed by atoms with Crippen LogP contribution < -0.4 is 5.32 Å². The van der Waals surface area contributed by atoms with Crippen LogP contribution in [0.5, 0.6) is 0 Å². The number of rotatable bonds is 3. The Hall–Kier alpha value is -0.350. The lowest BCUT2D eigenvalue weighted by Crippen LogP contribution is -2.44. The van der Waals surface area contributed by atoms with Crippen LogP contribution in [0.25, 0.3) is 0 Å². The first-order valence-corrected chi connectivity index (χ1v) is 7.28. The van der Waals surface area contributed by atoms with Crippen LogP contribution in [0.3, 0.4) is 0 Å². The van der Waals surface area contributed by atoms with Crippen LogP contribution in [0.15, 0.2) is 16.9 Å². The minimum atomic E-state index is -0.0259. The highest BCUT2D eigenvalue weighted by atomic mass is 79.9. The molecule has 1 aromatic rings. The molecule has 0 atom stereocenters. The Balaban J connectivity index is 2.06. The van der Waals surface area contributed by atoms with Crippen molar-refractivity contribution in [3.63, 3.8) is 0 Å². The molecule has 0 saturated heterocycles. The number of hydrogen-bond acceptors (Lipinski definition) is 3. The quantitative estimate of drug-likeness (QED) is 0.861. The first-order valence-electron chi connectivity index (χ1n) is 5.95. The average molecular weight is 319 g/mol. The molecule has 1 saturated carbocycles. The molecule has 5 heteroatoms. The molecule has 0 bridgehead atoms. The highest BCUT2D eigenvalue weighted by Crippen LogP contribution is 2.34. The number of nitrogens with one attached hydrogen (secondary N) is 1. The molecule has 3 nitrogen and oxygen atoms in total. The fourth-order valence-electron chi connectivity index (χ4n) is 2.22. The van der Waals surface area contributed by atoms with Gasteiger partial charge in [0.05, 0.1) is 10.0 Å². The lowest BCUT2D eigenvalue weighted by atomic mass is 9.78. The minimum Gasteiger partial charge on any atom is -0.348 e. The van der Waals surface area contributed by atoms with Crippen molar-refractivity contribution in [3.8, 4) is 0 Å². The third kappa shape index (κ3) is 3.32. The van der Waals surface area contributed by atoms with Crippen molar-refractivity contribution in [3.05, 3.63) is 16.9 Å². The summed E-state index contributed by atoms with van der Waals surface area (Å²) in [5.41, 5.74) is -0.0259. The van der Waals surface area contributed by atoms with E-state index in [4.69, 9.17) is 11.6 Å². The topological polar surface area (TPSA) is 37.8 Å². The molecule has 1 fully saturated rings. The largest absolute Gasteiger partial charge is 0.348 e.